The van der Waals surface area contributed by atoms with Gasteiger partial charge in [-0.25, -0.2) is 4.79 Å². The number of nitrogens with one attached hydrogen (secondary N) is 2. The topological polar surface area (TPSA) is 114 Å². The molecule has 0 fully saturated rings. The minimum atomic E-state index is -1.21. The van der Waals surface area contributed by atoms with Gasteiger partial charge in [-0.15, -0.1) is 11.8 Å². The summed E-state index contributed by atoms with van der Waals surface area (Å²) in [6, 6.07) is 12.0. The van der Waals surface area contributed by atoms with Crippen molar-refractivity contribution in [2.45, 2.75) is 17.1 Å². The Balaban J connectivity index is 2.04. The third kappa shape index (κ3) is 6.85. The van der Waals surface area contributed by atoms with Crippen molar-refractivity contribution in [2.24, 2.45) is 0 Å². The van der Waals surface area contributed by atoms with Crippen LogP contribution in [0.3, 0.4) is 0 Å². The molecular formula is C21H22N2O6S. The highest BCUT2D eigenvalue weighted by Crippen LogP contribution is 2.31. The number of methoxy groups -OCH3 is 2. The maximum absolute atomic E-state index is 12.6. The summed E-state index contributed by atoms with van der Waals surface area (Å²) in [4.78, 5) is 35.6. The standard InChI is InChI=1S/C21H22N2O6S/c1-13(21(27)23-17-12-15(28-2)7-8-18(17)29-3)30-16-6-4-5-14(11-16)22-19(24)9-10-20(25)26/h4-13H,1-3H3,(H,22,24)(H,23,27)(H,25,26)/b10-9+. The van der Waals surface area contributed by atoms with Crippen molar-refractivity contribution in [3.05, 3.63) is 54.6 Å². The predicted octanol–water partition coefficient (Wildman–Crippen LogP) is 3.40. The average molecular weight is 430 g/mol. The van der Waals surface area contributed by atoms with Crippen LogP contribution in [-0.2, 0) is 14.4 Å². The van der Waals surface area contributed by atoms with Gasteiger partial charge in [-0.2, -0.15) is 0 Å². The second-order valence-electron chi connectivity index (χ2n) is 6.00. The smallest absolute Gasteiger partial charge is 0.328 e. The van der Waals surface area contributed by atoms with Crippen LogP contribution in [0.25, 0.3) is 0 Å². The lowest BCUT2D eigenvalue weighted by Crippen LogP contribution is -2.22. The van der Waals surface area contributed by atoms with Crippen molar-refractivity contribution in [1.29, 1.82) is 0 Å². The fraction of sp³-hybridized carbons (Fsp3) is 0.190. The van der Waals surface area contributed by atoms with Gasteiger partial charge in [-0.1, -0.05) is 6.07 Å². The molecule has 9 heteroatoms. The fourth-order valence-electron chi connectivity index (χ4n) is 2.38. The number of carboxylic acid groups (broad SMARTS) is 1. The van der Waals surface area contributed by atoms with E-state index in [9.17, 15) is 14.4 Å². The molecule has 2 aromatic rings. The Morgan fingerprint density at radius 2 is 1.80 bits per heavy atom. The zero-order chi connectivity index (χ0) is 22.1. The molecule has 0 spiro atoms. The number of aliphatic carboxylic acids is 1. The molecule has 0 aliphatic rings. The molecule has 0 radical (unpaired) electrons. The molecule has 0 aliphatic heterocycles. The Morgan fingerprint density at radius 1 is 1.03 bits per heavy atom. The number of ether oxygens (including phenoxy) is 2. The number of carbonyl (C=O) groups is 3. The molecule has 3 N–H and O–H groups in total. The maximum atomic E-state index is 12.6. The molecule has 0 saturated carbocycles. The van der Waals surface area contributed by atoms with Crippen LogP contribution in [0, 0.1) is 0 Å². The number of rotatable bonds is 9. The summed E-state index contributed by atoms with van der Waals surface area (Å²) in [5.41, 5.74) is 0.989. The van der Waals surface area contributed by atoms with Crippen molar-refractivity contribution in [3.63, 3.8) is 0 Å². The van der Waals surface area contributed by atoms with Crippen LogP contribution in [-0.4, -0.2) is 42.4 Å². The summed E-state index contributed by atoms with van der Waals surface area (Å²) < 4.78 is 10.5. The van der Waals surface area contributed by atoms with Crippen LogP contribution in [0.4, 0.5) is 11.4 Å². The Hall–Kier alpha value is -3.46. The van der Waals surface area contributed by atoms with Gasteiger partial charge in [0, 0.05) is 28.8 Å². The summed E-state index contributed by atoms with van der Waals surface area (Å²) in [7, 11) is 3.05. The van der Waals surface area contributed by atoms with Gasteiger partial charge in [0.1, 0.15) is 11.5 Å². The number of anilines is 2. The molecule has 1 atom stereocenters. The molecule has 8 nitrogen and oxygen atoms in total. The van der Waals surface area contributed by atoms with Crippen LogP contribution in [0.5, 0.6) is 11.5 Å². The SMILES string of the molecule is COc1ccc(OC)c(NC(=O)C(C)Sc2cccc(NC(=O)/C=C/C(=O)O)c2)c1. The molecule has 0 heterocycles. The quantitative estimate of drug-likeness (QED) is 0.413. The van der Waals surface area contributed by atoms with Crippen LogP contribution in [0.1, 0.15) is 6.92 Å². The molecule has 2 aromatic carbocycles. The van der Waals surface area contributed by atoms with E-state index in [2.05, 4.69) is 10.6 Å². The summed E-state index contributed by atoms with van der Waals surface area (Å²) in [6.45, 7) is 1.76. The van der Waals surface area contributed by atoms with Gasteiger partial charge in [0.05, 0.1) is 25.2 Å². The maximum Gasteiger partial charge on any atom is 0.328 e. The highest BCUT2D eigenvalue weighted by Gasteiger charge is 2.17. The van der Waals surface area contributed by atoms with Crippen LogP contribution in [0.15, 0.2) is 59.5 Å². The highest BCUT2D eigenvalue weighted by atomic mass is 32.2. The highest BCUT2D eigenvalue weighted by molar-refractivity contribution is 8.00. The lowest BCUT2D eigenvalue weighted by molar-refractivity contribution is -0.131. The number of hydrogen-bond acceptors (Lipinski definition) is 6. The van der Waals surface area contributed by atoms with Gasteiger partial charge in [-0.3, -0.25) is 9.59 Å². The van der Waals surface area contributed by atoms with E-state index in [4.69, 9.17) is 14.6 Å². The summed E-state index contributed by atoms with van der Waals surface area (Å²) >= 11 is 1.31. The fourth-order valence-corrected chi connectivity index (χ4v) is 3.31. The number of thioether (sulfide) groups is 1. The van der Waals surface area contributed by atoms with Gasteiger partial charge in [0.2, 0.25) is 11.8 Å². The molecule has 0 aliphatic carbocycles. The second-order valence-corrected chi connectivity index (χ2v) is 7.42. The van der Waals surface area contributed by atoms with E-state index < -0.39 is 17.1 Å². The van der Waals surface area contributed by atoms with Crippen molar-refractivity contribution in [3.8, 4) is 11.5 Å². The van der Waals surface area contributed by atoms with E-state index in [0.29, 0.717) is 22.9 Å². The Morgan fingerprint density at radius 3 is 2.47 bits per heavy atom. The van der Waals surface area contributed by atoms with Crippen molar-refractivity contribution in [2.75, 3.05) is 24.9 Å². The number of hydrogen-bond donors (Lipinski definition) is 3. The Bertz CT molecular complexity index is 960. The third-order valence-electron chi connectivity index (χ3n) is 3.83. The van der Waals surface area contributed by atoms with E-state index in [1.54, 1.807) is 43.3 Å². The zero-order valence-electron chi connectivity index (χ0n) is 16.7. The molecule has 30 heavy (non-hydrogen) atoms. The summed E-state index contributed by atoms with van der Waals surface area (Å²) in [6.07, 6.45) is 1.69. The van der Waals surface area contributed by atoms with Crippen LogP contribution >= 0.6 is 11.8 Å². The minimum Gasteiger partial charge on any atom is -0.497 e. The Labute approximate surface area is 178 Å². The largest absolute Gasteiger partial charge is 0.497 e. The average Bonchev–Trinajstić information content (AvgIpc) is 2.72. The molecule has 2 rings (SSSR count). The van der Waals surface area contributed by atoms with Crippen molar-refractivity contribution >= 4 is 40.9 Å². The van der Waals surface area contributed by atoms with Gasteiger partial charge < -0.3 is 25.2 Å². The number of benzene rings is 2. The first-order valence-electron chi connectivity index (χ1n) is 8.84. The van der Waals surface area contributed by atoms with Gasteiger partial charge >= 0.3 is 5.97 Å². The van der Waals surface area contributed by atoms with E-state index in [-0.39, 0.29) is 5.91 Å². The lowest BCUT2D eigenvalue weighted by atomic mass is 10.2. The molecule has 0 aromatic heterocycles. The van der Waals surface area contributed by atoms with Gasteiger partial charge in [0.15, 0.2) is 0 Å². The number of amides is 2. The van der Waals surface area contributed by atoms with Crippen LogP contribution < -0.4 is 20.1 Å². The predicted molar refractivity (Wildman–Crippen MR) is 115 cm³/mol. The minimum absolute atomic E-state index is 0.231. The van der Waals surface area contributed by atoms with E-state index in [1.807, 2.05) is 6.07 Å². The normalized spacial score (nSPS) is 11.6. The summed E-state index contributed by atoms with van der Waals surface area (Å²) in [5.74, 6) is -0.893. The van der Waals surface area contributed by atoms with Gasteiger partial charge in [0.25, 0.3) is 0 Å². The molecule has 158 valence electrons. The molecule has 2 amide bonds. The second kappa shape index (κ2) is 10.9. The van der Waals surface area contributed by atoms with E-state index in [1.165, 1.54) is 26.0 Å². The third-order valence-corrected chi connectivity index (χ3v) is 4.92. The first kappa shape index (κ1) is 22.8. The molecule has 1 unspecified atom stereocenters. The van der Waals surface area contributed by atoms with E-state index >= 15 is 0 Å². The van der Waals surface area contributed by atoms with Gasteiger partial charge in [-0.05, 0) is 37.3 Å². The monoisotopic (exact) mass is 430 g/mol. The summed E-state index contributed by atoms with van der Waals surface area (Å²) in [5, 5.41) is 13.5. The van der Waals surface area contributed by atoms with Crippen LogP contribution in [0.2, 0.25) is 0 Å². The first-order chi connectivity index (χ1) is 14.3. The van der Waals surface area contributed by atoms with E-state index in [0.717, 1.165) is 17.0 Å². The molecular weight excluding hydrogens is 408 g/mol. The Kier molecular flexibility index (Phi) is 8.30. The first-order valence-corrected chi connectivity index (χ1v) is 9.72. The zero-order valence-corrected chi connectivity index (χ0v) is 17.5. The number of carboxylic acids is 1. The lowest BCUT2D eigenvalue weighted by Gasteiger charge is -2.15. The number of carbonyl (C=O) groups excluding carboxylic acids is 2. The van der Waals surface area contributed by atoms with Crippen molar-refractivity contribution in [1.82, 2.24) is 0 Å². The van der Waals surface area contributed by atoms with Crippen molar-refractivity contribution < 1.29 is 29.0 Å². The molecule has 0 saturated heterocycles. The molecule has 0 bridgehead atoms.